The summed E-state index contributed by atoms with van der Waals surface area (Å²) in [5.41, 5.74) is 1.02. The quantitative estimate of drug-likeness (QED) is 0.388. The van der Waals surface area contributed by atoms with Crippen molar-refractivity contribution >= 4 is 23.6 Å². The molecule has 1 aliphatic heterocycles. The van der Waals surface area contributed by atoms with Gasteiger partial charge in [-0.25, -0.2) is 0 Å². The molecular formula is C25H25NO5. The molecule has 2 aliphatic rings. The van der Waals surface area contributed by atoms with Crippen molar-refractivity contribution in [2.75, 3.05) is 6.54 Å². The highest BCUT2D eigenvalue weighted by molar-refractivity contribution is 6.05. The highest BCUT2D eigenvalue weighted by atomic mass is 16.5. The zero-order chi connectivity index (χ0) is 21.8. The molecule has 0 aromatic heterocycles. The van der Waals surface area contributed by atoms with Crippen LogP contribution in [0.25, 0.3) is 0 Å². The highest BCUT2D eigenvalue weighted by Crippen LogP contribution is 2.38. The summed E-state index contributed by atoms with van der Waals surface area (Å²) in [7, 11) is 0. The SMILES string of the molecule is O=C(CCN1C(=O)[C@H]2CCCC[C@@H]2C1=O)O[C@@H](C(=O)c1ccccc1)c1ccccc1. The molecule has 6 heteroatoms. The minimum Gasteiger partial charge on any atom is -0.449 e. The van der Waals surface area contributed by atoms with E-state index in [9.17, 15) is 19.2 Å². The Morgan fingerprint density at radius 3 is 2.00 bits per heavy atom. The first kappa shape index (κ1) is 21.0. The third kappa shape index (κ3) is 4.43. The summed E-state index contributed by atoms with van der Waals surface area (Å²) in [5, 5.41) is 0. The maximum Gasteiger partial charge on any atom is 0.308 e. The maximum atomic E-state index is 13.0. The average Bonchev–Trinajstić information content (AvgIpc) is 3.06. The Morgan fingerprint density at radius 2 is 1.42 bits per heavy atom. The monoisotopic (exact) mass is 419 g/mol. The molecule has 6 nitrogen and oxygen atoms in total. The number of rotatable bonds is 7. The summed E-state index contributed by atoms with van der Waals surface area (Å²) in [4.78, 5) is 52.0. The molecule has 1 heterocycles. The molecule has 2 fully saturated rings. The smallest absolute Gasteiger partial charge is 0.308 e. The molecule has 2 aromatic rings. The van der Waals surface area contributed by atoms with Crippen LogP contribution in [-0.4, -0.2) is 35.0 Å². The first-order valence-electron chi connectivity index (χ1n) is 10.7. The van der Waals surface area contributed by atoms with Gasteiger partial charge in [0, 0.05) is 17.7 Å². The first-order valence-corrected chi connectivity index (χ1v) is 10.7. The first-order chi connectivity index (χ1) is 15.1. The summed E-state index contributed by atoms with van der Waals surface area (Å²) in [6.07, 6.45) is 2.16. The number of carbonyl (C=O) groups is 4. The van der Waals surface area contributed by atoms with Crippen molar-refractivity contribution in [3.8, 4) is 0 Å². The number of amides is 2. The zero-order valence-corrected chi connectivity index (χ0v) is 17.2. The predicted molar refractivity (Wildman–Crippen MR) is 113 cm³/mol. The summed E-state index contributed by atoms with van der Waals surface area (Å²) in [6, 6.07) is 17.5. The van der Waals surface area contributed by atoms with Crippen molar-refractivity contribution in [3.05, 3.63) is 71.8 Å². The molecule has 0 N–H and O–H groups in total. The van der Waals surface area contributed by atoms with Crippen molar-refractivity contribution in [1.29, 1.82) is 0 Å². The lowest BCUT2D eigenvalue weighted by Gasteiger charge is -2.19. The second kappa shape index (κ2) is 9.25. The normalized spacial score (nSPS) is 21.5. The van der Waals surface area contributed by atoms with E-state index in [0.29, 0.717) is 11.1 Å². The molecule has 1 aliphatic carbocycles. The molecule has 2 amide bonds. The van der Waals surface area contributed by atoms with E-state index in [2.05, 4.69) is 0 Å². The van der Waals surface area contributed by atoms with E-state index in [-0.39, 0.29) is 42.4 Å². The summed E-state index contributed by atoms with van der Waals surface area (Å²) >= 11 is 0. The number of ether oxygens (including phenoxy) is 1. The van der Waals surface area contributed by atoms with Crippen molar-refractivity contribution < 1.29 is 23.9 Å². The molecule has 3 atom stereocenters. The van der Waals surface area contributed by atoms with Gasteiger partial charge >= 0.3 is 5.97 Å². The summed E-state index contributed by atoms with van der Waals surface area (Å²) < 4.78 is 5.56. The molecule has 2 aromatic carbocycles. The molecule has 31 heavy (non-hydrogen) atoms. The van der Waals surface area contributed by atoms with Gasteiger partial charge < -0.3 is 4.74 Å². The lowest BCUT2D eigenvalue weighted by atomic mass is 9.81. The van der Waals surface area contributed by atoms with Crippen molar-refractivity contribution in [2.45, 2.75) is 38.2 Å². The molecule has 0 spiro atoms. The predicted octanol–water partition coefficient (Wildman–Crippen LogP) is 3.72. The molecule has 1 saturated carbocycles. The topological polar surface area (TPSA) is 80.8 Å². The Morgan fingerprint density at radius 1 is 0.871 bits per heavy atom. The Balaban J connectivity index is 1.44. The van der Waals surface area contributed by atoms with Gasteiger partial charge in [0.1, 0.15) is 0 Å². The van der Waals surface area contributed by atoms with Crippen LogP contribution in [-0.2, 0) is 19.1 Å². The standard InChI is InChI=1S/C25H25NO5/c27-21(15-16-26-24(29)19-13-7-8-14-20(19)25(26)30)31-23(18-11-5-2-6-12-18)22(28)17-9-3-1-4-10-17/h1-6,9-12,19-20,23H,7-8,13-16H2/t19-,20-,23+/m0/s1. The Kier molecular flexibility index (Phi) is 6.26. The Hall–Kier alpha value is -3.28. The number of Topliss-reactive ketones (excluding diaryl/α,β-unsaturated/α-hetero) is 1. The fraction of sp³-hybridized carbons (Fsp3) is 0.360. The minimum absolute atomic E-state index is 0.00939. The third-order valence-corrected chi connectivity index (χ3v) is 6.12. The largest absolute Gasteiger partial charge is 0.449 e. The summed E-state index contributed by atoms with van der Waals surface area (Å²) in [6.45, 7) is -0.00939. The van der Waals surface area contributed by atoms with Gasteiger partial charge in [0.15, 0.2) is 6.10 Å². The number of ketones is 1. The van der Waals surface area contributed by atoms with Crippen molar-refractivity contribution in [1.82, 2.24) is 4.90 Å². The summed E-state index contributed by atoms with van der Waals surface area (Å²) in [5.74, 6) is -1.78. The van der Waals surface area contributed by atoms with Crippen LogP contribution in [0.15, 0.2) is 60.7 Å². The molecular weight excluding hydrogens is 394 g/mol. The molecule has 1 saturated heterocycles. The average molecular weight is 419 g/mol. The van der Waals surface area contributed by atoms with Crippen molar-refractivity contribution in [2.24, 2.45) is 11.8 Å². The number of nitrogens with zero attached hydrogens (tertiary/aromatic N) is 1. The fourth-order valence-electron chi connectivity index (χ4n) is 4.50. The van der Waals surface area contributed by atoms with Gasteiger partial charge in [-0.15, -0.1) is 0 Å². The number of esters is 1. The lowest BCUT2D eigenvalue weighted by Crippen LogP contribution is -2.33. The van der Waals surface area contributed by atoms with Crippen LogP contribution in [0.3, 0.4) is 0 Å². The highest BCUT2D eigenvalue weighted by Gasteiger charge is 2.47. The molecule has 0 bridgehead atoms. The molecule has 0 radical (unpaired) electrons. The van der Waals surface area contributed by atoms with E-state index in [1.807, 2.05) is 12.1 Å². The van der Waals surface area contributed by atoms with Gasteiger partial charge in [-0.05, 0) is 12.8 Å². The Bertz CT molecular complexity index is 948. The van der Waals surface area contributed by atoms with Crippen LogP contribution in [0.1, 0.15) is 54.1 Å². The van der Waals surface area contributed by atoms with Crippen molar-refractivity contribution in [3.63, 3.8) is 0 Å². The van der Waals surface area contributed by atoms with Crippen LogP contribution in [0.4, 0.5) is 0 Å². The van der Waals surface area contributed by atoms with E-state index in [1.54, 1.807) is 48.5 Å². The van der Waals surface area contributed by atoms with Crippen LogP contribution in [0.5, 0.6) is 0 Å². The van der Waals surface area contributed by atoms with Crippen LogP contribution < -0.4 is 0 Å². The van der Waals surface area contributed by atoms with Gasteiger partial charge in [-0.2, -0.15) is 0 Å². The van der Waals surface area contributed by atoms with Gasteiger partial charge in [-0.3, -0.25) is 24.1 Å². The second-order valence-electron chi connectivity index (χ2n) is 8.09. The number of imide groups is 1. The number of benzene rings is 2. The van der Waals surface area contributed by atoms with Gasteiger partial charge in [-0.1, -0.05) is 73.5 Å². The number of fused-ring (bicyclic) bond motifs is 1. The number of hydrogen-bond donors (Lipinski definition) is 0. The van der Waals surface area contributed by atoms with Crippen LogP contribution in [0.2, 0.25) is 0 Å². The molecule has 160 valence electrons. The number of hydrogen-bond acceptors (Lipinski definition) is 5. The zero-order valence-electron chi connectivity index (χ0n) is 17.2. The van der Waals surface area contributed by atoms with Gasteiger partial charge in [0.25, 0.3) is 0 Å². The van der Waals surface area contributed by atoms with Gasteiger partial charge in [0.2, 0.25) is 17.6 Å². The van der Waals surface area contributed by atoms with E-state index in [4.69, 9.17) is 4.74 Å². The molecule has 0 unspecified atom stereocenters. The maximum absolute atomic E-state index is 13.0. The second-order valence-corrected chi connectivity index (χ2v) is 8.09. The van der Waals surface area contributed by atoms with E-state index in [0.717, 1.165) is 25.7 Å². The van der Waals surface area contributed by atoms with E-state index < -0.39 is 12.1 Å². The van der Waals surface area contributed by atoms with Crippen LogP contribution >= 0.6 is 0 Å². The van der Waals surface area contributed by atoms with E-state index in [1.165, 1.54) is 4.90 Å². The molecule has 4 rings (SSSR count). The van der Waals surface area contributed by atoms with Gasteiger partial charge in [0.05, 0.1) is 18.3 Å². The minimum atomic E-state index is -1.08. The lowest BCUT2D eigenvalue weighted by molar-refractivity contribution is -0.148. The Labute approximate surface area is 181 Å². The third-order valence-electron chi connectivity index (χ3n) is 6.12. The fourth-order valence-corrected chi connectivity index (χ4v) is 4.50. The van der Waals surface area contributed by atoms with E-state index >= 15 is 0 Å². The number of likely N-dealkylation sites (tertiary alicyclic amines) is 1. The van der Waals surface area contributed by atoms with Crippen LogP contribution in [0, 0.1) is 11.8 Å². The number of carbonyl (C=O) groups excluding carboxylic acids is 4.